The molecule has 0 aliphatic rings. The second-order valence-corrected chi connectivity index (χ2v) is 9.56. The molecule has 0 bridgehead atoms. The average Bonchev–Trinajstić information content (AvgIpc) is 2.40. The first-order chi connectivity index (χ1) is 8.73. The summed E-state index contributed by atoms with van der Waals surface area (Å²) in [5, 5.41) is 1.27. The van der Waals surface area contributed by atoms with E-state index in [2.05, 4.69) is 37.4 Å². The Morgan fingerprint density at radius 3 is 1.89 bits per heavy atom. The van der Waals surface area contributed by atoms with Crippen molar-refractivity contribution in [3.8, 4) is 0 Å². The predicted octanol–water partition coefficient (Wildman–Crippen LogP) is 4.56. The smallest absolute Gasteiger partial charge is 0.160 e. The van der Waals surface area contributed by atoms with Crippen LogP contribution in [-0.4, -0.2) is 7.38 Å². The average molecular weight is 275 g/mol. The molecule has 18 heavy (non-hydrogen) atoms. The molecular formula is C16H19ClSi. The normalized spacial score (nSPS) is 12.1. The first-order valence-corrected chi connectivity index (χ1v) is 9.45. The molecule has 0 N–H and O–H groups in total. The minimum absolute atomic E-state index is 0.909. The van der Waals surface area contributed by atoms with E-state index in [1.165, 1.54) is 5.19 Å². The highest BCUT2D eigenvalue weighted by Gasteiger charge is 2.30. The van der Waals surface area contributed by atoms with Gasteiger partial charge in [0.2, 0.25) is 0 Å². The van der Waals surface area contributed by atoms with Crippen LogP contribution in [0.1, 0.15) is 0 Å². The van der Waals surface area contributed by atoms with E-state index in [-0.39, 0.29) is 0 Å². The second-order valence-electron chi connectivity index (χ2n) is 4.07. The van der Waals surface area contributed by atoms with Crippen LogP contribution in [0.4, 0.5) is 0 Å². The number of halogens is 1. The summed E-state index contributed by atoms with van der Waals surface area (Å²) < 4.78 is 0. The van der Waals surface area contributed by atoms with Crippen molar-refractivity contribution in [2.75, 3.05) is 0 Å². The van der Waals surface area contributed by atoms with Crippen molar-refractivity contribution < 1.29 is 0 Å². The third kappa shape index (κ3) is 4.51. The Balaban J connectivity index is 2.92. The summed E-state index contributed by atoms with van der Waals surface area (Å²) in [4.78, 5) is 0. The Labute approximate surface area is 116 Å². The zero-order chi connectivity index (χ0) is 13.3. The van der Waals surface area contributed by atoms with Gasteiger partial charge < -0.3 is 0 Å². The van der Waals surface area contributed by atoms with Gasteiger partial charge in [0.1, 0.15) is 0 Å². The first-order valence-electron chi connectivity index (χ1n) is 6.02. The molecule has 0 atom stereocenters. The fraction of sp³-hybridized carbons (Fsp3) is 0.125. The Morgan fingerprint density at radius 2 is 1.44 bits per heavy atom. The number of rotatable bonds is 7. The van der Waals surface area contributed by atoms with Crippen molar-refractivity contribution in [3.05, 3.63) is 79.9 Å². The summed E-state index contributed by atoms with van der Waals surface area (Å²) >= 11 is 6.90. The monoisotopic (exact) mass is 274 g/mol. The molecule has 1 rings (SSSR count). The van der Waals surface area contributed by atoms with Crippen LogP contribution in [-0.2, 0) is 0 Å². The van der Waals surface area contributed by atoms with Crippen LogP contribution in [0.25, 0.3) is 0 Å². The molecule has 0 saturated heterocycles. The summed E-state index contributed by atoms with van der Waals surface area (Å²) in [6.45, 7) is 7.37. The van der Waals surface area contributed by atoms with Gasteiger partial charge in [-0.05, 0) is 17.3 Å². The van der Waals surface area contributed by atoms with E-state index in [4.69, 9.17) is 11.1 Å². The van der Waals surface area contributed by atoms with Gasteiger partial charge in [0, 0.05) is 0 Å². The molecule has 0 aliphatic carbocycles. The minimum atomic E-state index is -2.00. The van der Waals surface area contributed by atoms with Gasteiger partial charge in [0.25, 0.3) is 0 Å². The van der Waals surface area contributed by atoms with Gasteiger partial charge in [0.05, 0.1) is 0 Å². The molecule has 0 aliphatic heterocycles. The van der Waals surface area contributed by atoms with Crippen LogP contribution in [0.3, 0.4) is 0 Å². The van der Waals surface area contributed by atoms with Crippen LogP contribution in [0.15, 0.2) is 79.9 Å². The van der Waals surface area contributed by atoms with E-state index >= 15 is 0 Å². The van der Waals surface area contributed by atoms with Crippen LogP contribution in [0.2, 0.25) is 12.1 Å². The van der Waals surface area contributed by atoms with Crippen LogP contribution >= 0.6 is 11.1 Å². The molecule has 0 fully saturated rings. The zero-order valence-electron chi connectivity index (χ0n) is 10.6. The lowest BCUT2D eigenvalue weighted by Crippen LogP contribution is -2.40. The highest BCUT2D eigenvalue weighted by Crippen LogP contribution is 2.22. The second kappa shape index (κ2) is 7.91. The summed E-state index contributed by atoms with van der Waals surface area (Å²) in [6.07, 6.45) is 11.7. The minimum Gasteiger partial charge on any atom is -0.160 e. The molecule has 0 unspecified atom stereocenters. The third-order valence-electron chi connectivity index (χ3n) is 2.72. The van der Waals surface area contributed by atoms with Crippen LogP contribution in [0.5, 0.6) is 0 Å². The lowest BCUT2D eigenvalue weighted by atomic mass is 10.4. The first kappa shape index (κ1) is 14.7. The highest BCUT2D eigenvalue weighted by molar-refractivity contribution is 7.27. The van der Waals surface area contributed by atoms with E-state index in [9.17, 15) is 0 Å². The van der Waals surface area contributed by atoms with Gasteiger partial charge in [-0.2, -0.15) is 11.1 Å². The topological polar surface area (TPSA) is 0 Å². The van der Waals surface area contributed by atoms with Gasteiger partial charge in [-0.1, -0.05) is 79.9 Å². The Morgan fingerprint density at radius 1 is 0.944 bits per heavy atom. The molecule has 0 heterocycles. The quantitative estimate of drug-likeness (QED) is 0.388. The van der Waals surface area contributed by atoms with Crippen molar-refractivity contribution in [2.45, 2.75) is 12.1 Å². The number of benzene rings is 1. The van der Waals surface area contributed by atoms with Gasteiger partial charge in [-0.25, -0.2) is 0 Å². The third-order valence-corrected chi connectivity index (χ3v) is 7.43. The number of hydrogen-bond donors (Lipinski definition) is 0. The fourth-order valence-electron chi connectivity index (χ4n) is 1.76. The van der Waals surface area contributed by atoms with Gasteiger partial charge in [-0.3, -0.25) is 0 Å². The molecule has 0 saturated carbocycles. The molecule has 0 spiro atoms. The van der Waals surface area contributed by atoms with Crippen molar-refractivity contribution in [1.29, 1.82) is 0 Å². The van der Waals surface area contributed by atoms with E-state index < -0.39 is 7.38 Å². The van der Waals surface area contributed by atoms with Crippen LogP contribution < -0.4 is 5.19 Å². The Bertz CT molecular complexity index is 412. The predicted molar refractivity (Wildman–Crippen MR) is 86.0 cm³/mol. The van der Waals surface area contributed by atoms with Crippen molar-refractivity contribution >= 4 is 23.6 Å². The summed E-state index contributed by atoms with van der Waals surface area (Å²) in [5.41, 5.74) is 0. The van der Waals surface area contributed by atoms with E-state index in [1.807, 2.05) is 30.4 Å². The fourth-order valence-corrected chi connectivity index (χ4v) is 5.12. The maximum absolute atomic E-state index is 6.90. The van der Waals surface area contributed by atoms with Gasteiger partial charge in [0.15, 0.2) is 7.38 Å². The van der Waals surface area contributed by atoms with Crippen molar-refractivity contribution in [3.63, 3.8) is 0 Å². The molecule has 94 valence electrons. The number of hydrogen-bond acceptors (Lipinski definition) is 0. The zero-order valence-corrected chi connectivity index (χ0v) is 12.3. The van der Waals surface area contributed by atoms with E-state index in [0.717, 1.165) is 12.1 Å². The van der Waals surface area contributed by atoms with Crippen molar-refractivity contribution in [1.82, 2.24) is 0 Å². The summed E-state index contributed by atoms with van der Waals surface area (Å²) in [7, 11) is -2.00. The highest BCUT2D eigenvalue weighted by atomic mass is 35.6. The standard InChI is InChI=1S/C16H19ClSi/c1-3-5-10-14-18(17,15-11-6-4-2)16-12-8-7-9-13-16/h3-13H,1-2,14-15H2/b10-5+,11-6+. The maximum Gasteiger partial charge on any atom is 0.194 e. The SMILES string of the molecule is C=C/C=C/C[Si](Cl)(C/C=C/C=C)c1ccccc1. The molecule has 0 aromatic heterocycles. The Hall–Kier alpha value is -1.31. The van der Waals surface area contributed by atoms with E-state index in [1.54, 1.807) is 12.2 Å². The van der Waals surface area contributed by atoms with Gasteiger partial charge >= 0.3 is 0 Å². The van der Waals surface area contributed by atoms with E-state index in [0.29, 0.717) is 0 Å². The molecule has 2 heteroatoms. The summed E-state index contributed by atoms with van der Waals surface area (Å²) in [6, 6.07) is 12.2. The molecule has 0 amide bonds. The lowest BCUT2D eigenvalue weighted by Gasteiger charge is -2.22. The molecule has 0 nitrogen and oxygen atoms in total. The molecule has 1 aromatic rings. The largest absolute Gasteiger partial charge is 0.194 e. The van der Waals surface area contributed by atoms with Crippen molar-refractivity contribution in [2.24, 2.45) is 0 Å². The molecule has 1 aromatic carbocycles. The van der Waals surface area contributed by atoms with Crippen LogP contribution in [0, 0.1) is 0 Å². The van der Waals surface area contributed by atoms with Gasteiger partial charge in [-0.15, -0.1) is 0 Å². The Kier molecular flexibility index (Phi) is 6.48. The summed E-state index contributed by atoms with van der Waals surface area (Å²) in [5.74, 6) is 0. The maximum atomic E-state index is 6.90. The number of allylic oxidation sites excluding steroid dienone is 6. The lowest BCUT2D eigenvalue weighted by molar-refractivity contribution is 1.50. The molecular weight excluding hydrogens is 256 g/mol. The molecule has 0 radical (unpaired) electrons.